The van der Waals surface area contributed by atoms with Gasteiger partial charge >= 0.3 is 0 Å². The van der Waals surface area contributed by atoms with Crippen molar-refractivity contribution in [1.82, 2.24) is 23.9 Å². The Labute approximate surface area is 276 Å². The van der Waals surface area contributed by atoms with Crippen LogP contribution in [-0.2, 0) is 0 Å². The van der Waals surface area contributed by atoms with Gasteiger partial charge in [0.1, 0.15) is 11.2 Å². The monoisotopic (exact) mass is 613 g/mol. The van der Waals surface area contributed by atoms with Crippen molar-refractivity contribution in [2.75, 3.05) is 0 Å². The fourth-order valence-corrected chi connectivity index (χ4v) is 7.08. The molecule has 0 atom stereocenters. The van der Waals surface area contributed by atoms with E-state index in [2.05, 4.69) is 143 Å². The Balaban J connectivity index is 1.15. The van der Waals surface area contributed by atoms with Crippen molar-refractivity contribution < 1.29 is 0 Å². The highest BCUT2D eigenvalue weighted by Gasteiger charge is 2.21. The lowest BCUT2D eigenvalue weighted by Gasteiger charge is -2.12. The molecule has 0 unspecified atom stereocenters. The van der Waals surface area contributed by atoms with Crippen molar-refractivity contribution in [2.24, 2.45) is 0 Å². The summed E-state index contributed by atoms with van der Waals surface area (Å²) in [6.07, 6.45) is 2.06. The minimum absolute atomic E-state index is 0.625. The second-order valence-electron chi connectivity index (χ2n) is 12.1. The number of para-hydroxylation sites is 2. The molecule has 48 heavy (non-hydrogen) atoms. The molecule has 0 bridgehead atoms. The number of pyridine rings is 1. The Morgan fingerprint density at radius 3 is 1.79 bits per heavy atom. The maximum atomic E-state index is 5.34. The van der Waals surface area contributed by atoms with Crippen LogP contribution in [0.15, 0.2) is 164 Å². The number of fused-ring (bicyclic) bond motifs is 8. The fourth-order valence-electron chi connectivity index (χ4n) is 7.08. The highest BCUT2D eigenvalue weighted by atomic mass is 15.2. The molecule has 10 aromatic rings. The van der Waals surface area contributed by atoms with E-state index in [1.54, 1.807) is 0 Å². The minimum atomic E-state index is 0.625. The molecule has 0 saturated heterocycles. The molecule has 10 rings (SSSR count). The lowest BCUT2D eigenvalue weighted by atomic mass is 9.98. The van der Waals surface area contributed by atoms with E-state index in [9.17, 15) is 0 Å². The van der Waals surface area contributed by atoms with Crippen molar-refractivity contribution in [2.45, 2.75) is 0 Å². The largest absolute Gasteiger partial charge is 0.300 e. The third kappa shape index (κ3) is 4.08. The van der Waals surface area contributed by atoms with Crippen LogP contribution in [-0.4, -0.2) is 23.9 Å². The summed E-state index contributed by atoms with van der Waals surface area (Å²) in [5.74, 6) is 0.625. The maximum absolute atomic E-state index is 5.34. The number of hydrogen-bond donors (Lipinski definition) is 0. The average Bonchev–Trinajstić information content (AvgIpc) is 3.71. The average molecular weight is 614 g/mol. The van der Waals surface area contributed by atoms with Crippen LogP contribution in [0.1, 0.15) is 0 Å². The van der Waals surface area contributed by atoms with Gasteiger partial charge in [0, 0.05) is 27.9 Å². The van der Waals surface area contributed by atoms with Gasteiger partial charge in [-0.2, -0.15) is 0 Å². The van der Waals surface area contributed by atoms with E-state index in [0.717, 1.165) is 66.2 Å². The van der Waals surface area contributed by atoms with E-state index < -0.39 is 0 Å². The Morgan fingerprint density at radius 2 is 1.02 bits per heavy atom. The number of nitrogens with zero attached hydrogens (tertiary/aromatic N) is 5. The van der Waals surface area contributed by atoms with E-state index >= 15 is 0 Å². The molecule has 0 spiro atoms. The molecular formula is C43H27N5. The molecule has 4 heterocycles. The molecule has 224 valence electrons. The van der Waals surface area contributed by atoms with Crippen LogP contribution < -0.4 is 0 Å². The van der Waals surface area contributed by atoms with Crippen LogP contribution in [0.2, 0.25) is 0 Å². The van der Waals surface area contributed by atoms with Gasteiger partial charge in [-0.3, -0.25) is 8.97 Å². The lowest BCUT2D eigenvalue weighted by Crippen LogP contribution is -2.03. The molecule has 0 N–H and O–H groups in total. The van der Waals surface area contributed by atoms with E-state index in [1.165, 1.54) is 16.7 Å². The van der Waals surface area contributed by atoms with Crippen LogP contribution in [0.3, 0.4) is 0 Å². The highest BCUT2D eigenvalue weighted by Crippen LogP contribution is 2.37. The second-order valence-corrected chi connectivity index (χ2v) is 12.1. The summed E-state index contributed by atoms with van der Waals surface area (Å²) in [6.45, 7) is 0. The topological polar surface area (TPSA) is 48.0 Å². The van der Waals surface area contributed by atoms with Crippen molar-refractivity contribution in [3.05, 3.63) is 164 Å². The maximum Gasteiger partial charge on any atom is 0.235 e. The zero-order valence-corrected chi connectivity index (χ0v) is 25.8. The van der Waals surface area contributed by atoms with Crippen LogP contribution in [0.4, 0.5) is 0 Å². The molecule has 0 amide bonds. The molecule has 5 heteroatoms. The number of imidazole rings is 1. The van der Waals surface area contributed by atoms with Crippen molar-refractivity contribution in [3.8, 4) is 39.5 Å². The molecule has 6 aromatic carbocycles. The van der Waals surface area contributed by atoms with Gasteiger partial charge in [0.2, 0.25) is 5.95 Å². The first-order valence-electron chi connectivity index (χ1n) is 16.1. The first-order chi connectivity index (χ1) is 23.8. The normalized spacial score (nSPS) is 11.8. The third-order valence-electron chi connectivity index (χ3n) is 9.39. The van der Waals surface area contributed by atoms with Crippen LogP contribution in [0.25, 0.3) is 88.8 Å². The van der Waals surface area contributed by atoms with E-state index in [0.29, 0.717) is 5.95 Å². The van der Waals surface area contributed by atoms with Gasteiger partial charge in [-0.05, 0) is 58.7 Å². The summed E-state index contributed by atoms with van der Waals surface area (Å²) in [7, 11) is 0. The molecule has 4 aromatic heterocycles. The first kappa shape index (κ1) is 26.6. The smallest absolute Gasteiger partial charge is 0.235 e. The molecule has 0 fully saturated rings. The van der Waals surface area contributed by atoms with Gasteiger partial charge in [-0.15, -0.1) is 0 Å². The predicted molar refractivity (Wildman–Crippen MR) is 196 cm³/mol. The summed E-state index contributed by atoms with van der Waals surface area (Å²) in [4.78, 5) is 15.6. The Kier molecular flexibility index (Phi) is 5.81. The van der Waals surface area contributed by atoms with Crippen molar-refractivity contribution in [1.29, 1.82) is 0 Å². The summed E-state index contributed by atoms with van der Waals surface area (Å²) < 4.78 is 4.33. The molecule has 0 aliphatic carbocycles. The van der Waals surface area contributed by atoms with Gasteiger partial charge in [0.25, 0.3) is 0 Å². The quantitative estimate of drug-likeness (QED) is 0.198. The SMILES string of the molecule is c1ccc(-c2ccc(-c3ccc(-c4nc(-n5c6ccccc6c6ccc7c(nc8ccccn87)c65)nc5ccccc45)cc3)cc2)cc1. The first-order valence-corrected chi connectivity index (χ1v) is 16.1. The Bertz CT molecular complexity index is 2810. The van der Waals surface area contributed by atoms with Gasteiger partial charge in [0.05, 0.1) is 27.8 Å². The standard InChI is InChI=1S/C43H27N5/c1-2-10-28(11-3-1)29-17-19-30(20-18-29)31-21-23-32(24-22-31)40-35-13-4-6-14-36(35)44-43(46-40)48-37-15-7-5-12-33(37)34-25-26-38-41(42(34)48)45-39-16-8-9-27-47(38)39/h1-27H. The highest BCUT2D eigenvalue weighted by molar-refractivity contribution is 6.17. The third-order valence-corrected chi connectivity index (χ3v) is 9.39. The zero-order chi connectivity index (χ0) is 31.6. The summed E-state index contributed by atoms with van der Waals surface area (Å²) in [5, 5.41) is 3.29. The molecule has 0 radical (unpaired) electrons. The molecule has 0 saturated carbocycles. The summed E-state index contributed by atoms with van der Waals surface area (Å²) in [6, 6.07) is 55.2. The zero-order valence-electron chi connectivity index (χ0n) is 25.8. The second kappa shape index (κ2) is 10.5. The summed E-state index contributed by atoms with van der Waals surface area (Å²) >= 11 is 0. The Morgan fingerprint density at radius 1 is 0.396 bits per heavy atom. The molecule has 5 nitrogen and oxygen atoms in total. The van der Waals surface area contributed by atoms with Crippen LogP contribution in [0.5, 0.6) is 0 Å². The summed E-state index contributed by atoms with van der Waals surface area (Å²) in [5.41, 5.74) is 12.5. The molecule has 0 aliphatic heterocycles. The van der Waals surface area contributed by atoms with E-state index in [4.69, 9.17) is 15.0 Å². The number of hydrogen-bond acceptors (Lipinski definition) is 3. The van der Waals surface area contributed by atoms with Gasteiger partial charge in [0.15, 0.2) is 0 Å². The van der Waals surface area contributed by atoms with E-state index in [1.807, 2.05) is 30.3 Å². The van der Waals surface area contributed by atoms with Gasteiger partial charge < -0.3 is 0 Å². The van der Waals surface area contributed by atoms with Crippen molar-refractivity contribution >= 4 is 49.4 Å². The Hall–Kier alpha value is -6.59. The van der Waals surface area contributed by atoms with E-state index in [-0.39, 0.29) is 0 Å². The number of rotatable bonds is 4. The molecular weight excluding hydrogens is 587 g/mol. The molecule has 0 aliphatic rings. The number of aromatic nitrogens is 5. The van der Waals surface area contributed by atoms with Crippen LogP contribution >= 0.6 is 0 Å². The number of benzene rings is 6. The van der Waals surface area contributed by atoms with Crippen LogP contribution in [0, 0.1) is 0 Å². The predicted octanol–water partition coefficient (Wildman–Crippen LogP) is 10.5. The van der Waals surface area contributed by atoms with Gasteiger partial charge in [-0.25, -0.2) is 15.0 Å². The minimum Gasteiger partial charge on any atom is -0.300 e. The lowest BCUT2D eigenvalue weighted by molar-refractivity contribution is 1.02. The van der Waals surface area contributed by atoms with Gasteiger partial charge in [-0.1, -0.05) is 121 Å². The van der Waals surface area contributed by atoms with Crippen molar-refractivity contribution in [3.63, 3.8) is 0 Å². The fraction of sp³-hybridized carbons (Fsp3) is 0.